The van der Waals surface area contributed by atoms with E-state index in [1.807, 2.05) is 24.3 Å². The molecule has 0 saturated carbocycles. The molecular weight excluding hydrogens is 290 g/mol. The molecule has 2 aromatic rings. The molecule has 1 saturated heterocycles. The molecule has 1 aromatic carbocycles. The fourth-order valence-electron chi connectivity index (χ4n) is 2.60. The smallest absolute Gasteiger partial charge is 0.374 e. The number of esters is 1. The van der Waals surface area contributed by atoms with E-state index >= 15 is 0 Å². The van der Waals surface area contributed by atoms with Crippen molar-refractivity contribution in [2.75, 3.05) is 26.2 Å². The molecule has 0 aliphatic carbocycles. The van der Waals surface area contributed by atoms with Gasteiger partial charge in [-0.05, 0) is 38.1 Å². The maximum absolute atomic E-state index is 11.9. The highest BCUT2D eigenvalue weighted by atomic mass is 35.5. The lowest BCUT2D eigenvalue weighted by Gasteiger charge is -2.25. The lowest BCUT2D eigenvalue weighted by molar-refractivity contribution is 0.0419. The van der Waals surface area contributed by atoms with Gasteiger partial charge in [0.15, 0.2) is 0 Å². The summed E-state index contributed by atoms with van der Waals surface area (Å²) < 4.78 is 10.8. The van der Waals surface area contributed by atoms with Crippen LogP contribution in [-0.2, 0) is 4.74 Å². The molecule has 0 N–H and O–H groups in total. The quantitative estimate of drug-likeness (QED) is 0.811. The van der Waals surface area contributed by atoms with E-state index in [1.165, 1.54) is 19.3 Å². The Morgan fingerprint density at radius 2 is 1.95 bits per heavy atom. The molecule has 0 radical (unpaired) electrons. The number of furan rings is 1. The van der Waals surface area contributed by atoms with Crippen LogP contribution in [0.3, 0.4) is 0 Å². The number of benzene rings is 1. The second-order valence-corrected chi connectivity index (χ2v) is 5.19. The van der Waals surface area contributed by atoms with Crippen LogP contribution in [0.1, 0.15) is 29.8 Å². The minimum absolute atomic E-state index is 0. The largest absolute Gasteiger partial charge is 0.458 e. The van der Waals surface area contributed by atoms with E-state index in [2.05, 4.69) is 4.90 Å². The number of nitrogens with zero attached hydrogens (tertiary/aromatic N) is 1. The van der Waals surface area contributed by atoms with Crippen molar-refractivity contribution in [1.29, 1.82) is 0 Å². The highest BCUT2D eigenvalue weighted by Gasteiger charge is 2.15. The summed E-state index contributed by atoms with van der Waals surface area (Å²) in [6, 6.07) is 9.31. The zero-order chi connectivity index (χ0) is 13.8. The number of hydrogen-bond donors (Lipinski definition) is 0. The highest BCUT2D eigenvalue weighted by molar-refractivity contribution is 5.92. The number of halogens is 1. The summed E-state index contributed by atoms with van der Waals surface area (Å²) in [5.74, 6) is -0.0944. The molecule has 114 valence electrons. The standard InChI is InChI=1S/C16H19NO3.ClH/c18-16(19-11-10-17-8-4-1-5-9-17)15-12-13-6-2-3-7-14(13)20-15;/h2-3,6-7,12H,1,4-5,8-11H2;1H. The Kier molecular flexibility index (Phi) is 5.65. The summed E-state index contributed by atoms with van der Waals surface area (Å²) >= 11 is 0. The van der Waals surface area contributed by atoms with E-state index < -0.39 is 0 Å². The summed E-state index contributed by atoms with van der Waals surface area (Å²) in [5.41, 5.74) is 0.718. The van der Waals surface area contributed by atoms with Crippen molar-refractivity contribution >= 4 is 29.3 Å². The zero-order valence-corrected chi connectivity index (χ0v) is 12.7. The monoisotopic (exact) mass is 309 g/mol. The number of para-hydroxylation sites is 1. The molecule has 0 atom stereocenters. The van der Waals surface area contributed by atoms with Gasteiger partial charge in [0.25, 0.3) is 0 Å². The van der Waals surface area contributed by atoms with Crippen molar-refractivity contribution in [3.8, 4) is 0 Å². The molecule has 0 amide bonds. The molecule has 0 unspecified atom stereocenters. The summed E-state index contributed by atoms with van der Waals surface area (Å²) in [6.07, 6.45) is 3.81. The van der Waals surface area contributed by atoms with Crippen molar-refractivity contribution in [2.45, 2.75) is 19.3 Å². The average Bonchev–Trinajstić information content (AvgIpc) is 2.92. The van der Waals surface area contributed by atoms with E-state index in [0.29, 0.717) is 6.61 Å². The van der Waals surface area contributed by atoms with Crippen molar-refractivity contribution in [3.63, 3.8) is 0 Å². The Labute approximate surface area is 130 Å². The number of rotatable bonds is 4. The molecule has 1 aliphatic heterocycles. The Morgan fingerprint density at radius 1 is 1.19 bits per heavy atom. The maximum Gasteiger partial charge on any atom is 0.374 e. The average molecular weight is 310 g/mol. The molecule has 4 nitrogen and oxygen atoms in total. The van der Waals surface area contributed by atoms with Crippen LogP contribution in [0.2, 0.25) is 0 Å². The Morgan fingerprint density at radius 3 is 2.71 bits per heavy atom. The van der Waals surface area contributed by atoms with Gasteiger partial charge in [-0.2, -0.15) is 0 Å². The second-order valence-electron chi connectivity index (χ2n) is 5.19. The predicted molar refractivity (Wildman–Crippen MR) is 84.0 cm³/mol. The first kappa shape index (κ1) is 15.9. The molecule has 1 aromatic heterocycles. The third-order valence-corrected chi connectivity index (χ3v) is 3.72. The zero-order valence-electron chi connectivity index (χ0n) is 11.9. The van der Waals surface area contributed by atoms with Crippen molar-refractivity contribution in [1.82, 2.24) is 4.90 Å². The number of carbonyl (C=O) groups excluding carboxylic acids is 1. The first-order valence-corrected chi connectivity index (χ1v) is 7.21. The first-order valence-electron chi connectivity index (χ1n) is 7.21. The van der Waals surface area contributed by atoms with Crippen LogP contribution in [0.25, 0.3) is 11.0 Å². The molecular formula is C16H20ClNO3. The van der Waals surface area contributed by atoms with Crippen LogP contribution < -0.4 is 0 Å². The second kappa shape index (κ2) is 7.48. The van der Waals surface area contributed by atoms with Crippen LogP contribution in [0.4, 0.5) is 0 Å². The Hall–Kier alpha value is -1.52. The van der Waals surface area contributed by atoms with Crippen LogP contribution in [0, 0.1) is 0 Å². The van der Waals surface area contributed by atoms with Crippen molar-refractivity contribution in [2.24, 2.45) is 0 Å². The third kappa shape index (κ3) is 3.99. The lowest BCUT2D eigenvalue weighted by Crippen LogP contribution is -2.33. The lowest BCUT2D eigenvalue weighted by atomic mass is 10.1. The summed E-state index contributed by atoms with van der Waals surface area (Å²) in [6.45, 7) is 3.46. The number of hydrogen-bond acceptors (Lipinski definition) is 4. The SMILES string of the molecule is Cl.O=C(OCCN1CCCCC1)c1cc2ccccc2o1. The van der Waals surface area contributed by atoms with E-state index in [9.17, 15) is 4.79 Å². The van der Waals surface area contributed by atoms with Crippen LogP contribution >= 0.6 is 12.4 Å². The van der Waals surface area contributed by atoms with Crippen LogP contribution in [0.15, 0.2) is 34.7 Å². The number of ether oxygens (including phenoxy) is 1. The normalized spacial score (nSPS) is 15.6. The summed E-state index contributed by atoms with van der Waals surface area (Å²) in [4.78, 5) is 14.3. The Balaban J connectivity index is 0.00000161. The van der Waals surface area contributed by atoms with Gasteiger partial charge in [-0.3, -0.25) is 4.90 Å². The van der Waals surface area contributed by atoms with Gasteiger partial charge in [-0.1, -0.05) is 24.6 Å². The van der Waals surface area contributed by atoms with Gasteiger partial charge >= 0.3 is 5.97 Å². The summed E-state index contributed by atoms with van der Waals surface area (Å²) in [5, 5.41) is 0.926. The molecule has 5 heteroatoms. The minimum atomic E-state index is -0.377. The van der Waals surface area contributed by atoms with E-state index in [-0.39, 0.29) is 24.1 Å². The summed E-state index contributed by atoms with van der Waals surface area (Å²) in [7, 11) is 0. The van der Waals surface area contributed by atoms with E-state index in [4.69, 9.17) is 9.15 Å². The first-order chi connectivity index (χ1) is 9.83. The molecule has 3 rings (SSSR count). The highest BCUT2D eigenvalue weighted by Crippen LogP contribution is 2.19. The number of likely N-dealkylation sites (tertiary alicyclic amines) is 1. The Bertz CT molecular complexity index is 557. The molecule has 1 fully saturated rings. The van der Waals surface area contributed by atoms with Gasteiger partial charge in [0, 0.05) is 11.9 Å². The molecule has 2 heterocycles. The van der Waals surface area contributed by atoms with Gasteiger partial charge in [0.2, 0.25) is 5.76 Å². The fourth-order valence-corrected chi connectivity index (χ4v) is 2.60. The molecule has 0 spiro atoms. The molecule has 1 aliphatic rings. The molecule has 21 heavy (non-hydrogen) atoms. The topological polar surface area (TPSA) is 42.7 Å². The van der Waals surface area contributed by atoms with E-state index in [1.54, 1.807) is 6.07 Å². The minimum Gasteiger partial charge on any atom is -0.458 e. The van der Waals surface area contributed by atoms with Gasteiger partial charge < -0.3 is 9.15 Å². The molecule has 0 bridgehead atoms. The number of carbonyl (C=O) groups is 1. The van der Waals surface area contributed by atoms with Crippen LogP contribution in [-0.4, -0.2) is 37.1 Å². The van der Waals surface area contributed by atoms with Gasteiger partial charge in [0.1, 0.15) is 12.2 Å². The van der Waals surface area contributed by atoms with Gasteiger partial charge in [-0.25, -0.2) is 4.79 Å². The van der Waals surface area contributed by atoms with Crippen LogP contribution in [0.5, 0.6) is 0 Å². The maximum atomic E-state index is 11.9. The van der Waals surface area contributed by atoms with Crippen molar-refractivity contribution in [3.05, 3.63) is 36.1 Å². The fraction of sp³-hybridized carbons (Fsp3) is 0.438. The van der Waals surface area contributed by atoms with Gasteiger partial charge in [0.05, 0.1) is 0 Å². The third-order valence-electron chi connectivity index (χ3n) is 3.72. The van der Waals surface area contributed by atoms with Gasteiger partial charge in [-0.15, -0.1) is 12.4 Å². The predicted octanol–water partition coefficient (Wildman–Crippen LogP) is 3.50. The van der Waals surface area contributed by atoms with Crippen molar-refractivity contribution < 1.29 is 13.9 Å². The number of piperidine rings is 1. The number of fused-ring (bicyclic) bond motifs is 1. The van der Waals surface area contributed by atoms with E-state index in [0.717, 1.165) is 30.6 Å².